The quantitative estimate of drug-likeness (QED) is 0.848. The first-order chi connectivity index (χ1) is 9.88. The van der Waals surface area contributed by atoms with Crippen LogP contribution in [-0.2, 0) is 12.7 Å². The highest BCUT2D eigenvalue weighted by atomic mass is 79.9. The SMILES string of the molecule is O=C(NCc1ccccc1C(F)(F)F)c1ccnc(Br)c1. The first-order valence-corrected chi connectivity index (χ1v) is 6.72. The minimum atomic E-state index is -4.44. The Balaban J connectivity index is 2.12. The monoisotopic (exact) mass is 358 g/mol. The number of carbonyl (C=O) groups is 1. The van der Waals surface area contributed by atoms with Crippen LogP contribution in [-0.4, -0.2) is 10.9 Å². The molecule has 2 aromatic rings. The molecule has 1 aromatic carbocycles. The summed E-state index contributed by atoms with van der Waals surface area (Å²) in [4.78, 5) is 15.8. The smallest absolute Gasteiger partial charge is 0.348 e. The van der Waals surface area contributed by atoms with Gasteiger partial charge in [-0.15, -0.1) is 0 Å². The lowest BCUT2D eigenvalue weighted by Gasteiger charge is -2.13. The molecule has 1 aromatic heterocycles. The van der Waals surface area contributed by atoms with Crippen molar-refractivity contribution in [1.29, 1.82) is 0 Å². The molecule has 1 amide bonds. The molecule has 7 heteroatoms. The van der Waals surface area contributed by atoms with Crippen LogP contribution in [0.2, 0.25) is 0 Å². The van der Waals surface area contributed by atoms with Gasteiger partial charge in [-0.2, -0.15) is 13.2 Å². The second-order valence-corrected chi connectivity index (χ2v) is 5.02. The predicted molar refractivity (Wildman–Crippen MR) is 74.6 cm³/mol. The first kappa shape index (κ1) is 15.5. The number of rotatable bonds is 3. The molecule has 0 aliphatic heterocycles. The van der Waals surface area contributed by atoms with E-state index in [0.717, 1.165) is 6.07 Å². The molecule has 21 heavy (non-hydrogen) atoms. The van der Waals surface area contributed by atoms with Crippen LogP contribution in [0.3, 0.4) is 0 Å². The number of benzene rings is 1. The molecule has 0 saturated carbocycles. The van der Waals surface area contributed by atoms with E-state index in [0.29, 0.717) is 10.2 Å². The molecule has 0 radical (unpaired) electrons. The summed E-state index contributed by atoms with van der Waals surface area (Å²) in [7, 11) is 0. The molecule has 1 N–H and O–H groups in total. The number of carbonyl (C=O) groups excluding carboxylic acids is 1. The maximum Gasteiger partial charge on any atom is 0.416 e. The minimum Gasteiger partial charge on any atom is -0.348 e. The van der Waals surface area contributed by atoms with E-state index in [1.807, 2.05) is 0 Å². The lowest BCUT2D eigenvalue weighted by molar-refractivity contribution is -0.138. The van der Waals surface area contributed by atoms with Gasteiger partial charge in [0.05, 0.1) is 5.56 Å². The van der Waals surface area contributed by atoms with Gasteiger partial charge in [-0.25, -0.2) is 4.98 Å². The molecular formula is C14H10BrF3N2O. The van der Waals surface area contributed by atoms with E-state index < -0.39 is 17.6 Å². The third-order valence-corrected chi connectivity index (χ3v) is 3.18. The Bertz CT molecular complexity index is 659. The Kier molecular flexibility index (Phi) is 4.62. The third kappa shape index (κ3) is 4.04. The van der Waals surface area contributed by atoms with Gasteiger partial charge in [-0.3, -0.25) is 4.79 Å². The second-order valence-electron chi connectivity index (χ2n) is 4.20. The standard InChI is InChI=1S/C14H10BrF3N2O/c15-12-7-9(5-6-19-12)13(21)20-8-10-3-1-2-4-11(10)14(16,17)18/h1-7H,8H2,(H,20,21). The lowest BCUT2D eigenvalue weighted by atomic mass is 10.1. The average Bonchev–Trinajstić information content (AvgIpc) is 2.44. The van der Waals surface area contributed by atoms with Crippen molar-refractivity contribution in [3.63, 3.8) is 0 Å². The number of alkyl halides is 3. The van der Waals surface area contributed by atoms with E-state index in [1.165, 1.54) is 36.5 Å². The van der Waals surface area contributed by atoms with Crippen molar-refractivity contribution in [3.8, 4) is 0 Å². The van der Waals surface area contributed by atoms with Crippen LogP contribution in [0.25, 0.3) is 0 Å². The van der Waals surface area contributed by atoms with Crippen LogP contribution >= 0.6 is 15.9 Å². The van der Waals surface area contributed by atoms with Crippen molar-refractivity contribution < 1.29 is 18.0 Å². The zero-order chi connectivity index (χ0) is 15.5. The van der Waals surface area contributed by atoms with Gasteiger partial charge in [0.1, 0.15) is 4.60 Å². The molecule has 1 heterocycles. The molecule has 3 nitrogen and oxygen atoms in total. The minimum absolute atomic E-state index is 0.0199. The second kappa shape index (κ2) is 6.26. The Hall–Kier alpha value is -1.89. The van der Waals surface area contributed by atoms with E-state index in [9.17, 15) is 18.0 Å². The van der Waals surface area contributed by atoms with Crippen LogP contribution in [0.5, 0.6) is 0 Å². The van der Waals surface area contributed by atoms with E-state index in [2.05, 4.69) is 26.2 Å². The van der Waals surface area contributed by atoms with Crippen LogP contribution in [0.4, 0.5) is 13.2 Å². The van der Waals surface area contributed by atoms with Crippen molar-refractivity contribution in [2.75, 3.05) is 0 Å². The molecule has 0 unspecified atom stereocenters. The summed E-state index contributed by atoms with van der Waals surface area (Å²) in [6.45, 7) is -0.200. The maximum atomic E-state index is 12.8. The van der Waals surface area contributed by atoms with Gasteiger partial charge in [-0.1, -0.05) is 18.2 Å². The normalized spacial score (nSPS) is 11.2. The Morgan fingerprint density at radius 1 is 1.24 bits per heavy atom. The zero-order valence-electron chi connectivity index (χ0n) is 10.6. The van der Waals surface area contributed by atoms with Crippen molar-refractivity contribution >= 4 is 21.8 Å². The third-order valence-electron chi connectivity index (χ3n) is 2.75. The molecule has 0 aliphatic carbocycles. The molecule has 0 fully saturated rings. The summed E-state index contributed by atoms with van der Waals surface area (Å²) < 4.78 is 38.9. The highest BCUT2D eigenvalue weighted by Gasteiger charge is 2.32. The Labute approximate surface area is 127 Å². The van der Waals surface area contributed by atoms with Crippen molar-refractivity contribution in [3.05, 3.63) is 63.9 Å². The fraction of sp³-hybridized carbons (Fsp3) is 0.143. The predicted octanol–water partition coefficient (Wildman–Crippen LogP) is 3.79. The number of aromatic nitrogens is 1. The average molecular weight is 359 g/mol. The highest BCUT2D eigenvalue weighted by molar-refractivity contribution is 9.10. The van der Waals surface area contributed by atoms with Gasteiger partial charge < -0.3 is 5.32 Å². The summed E-state index contributed by atoms with van der Waals surface area (Å²) in [6.07, 6.45) is -3.01. The number of halogens is 4. The maximum absolute atomic E-state index is 12.8. The molecule has 0 spiro atoms. The summed E-state index contributed by atoms with van der Waals surface area (Å²) in [5.74, 6) is -0.463. The first-order valence-electron chi connectivity index (χ1n) is 5.93. The molecule has 0 atom stereocenters. The summed E-state index contributed by atoms with van der Waals surface area (Å²) in [6, 6.07) is 8.12. The summed E-state index contributed by atoms with van der Waals surface area (Å²) in [5, 5.41) is 2.47. The highest BCUT2D eigenvalue weighted by Crippen LogP contribution is 2.31. The van der Waals surface area contributed by atoms with E-state index in [1.54, 1.807) is 0 Å². The van der Waals surface area contributed by atoms with Crippen molar-refractivity contribution in [2.45, 2.75) is 12.7 Å². The number of hydrogen-bond donors (Lipinski definition) is 1. The molecule has 0 saturated heterocycles. The molecule has 2 rings (SSSR count). The topological polar surface area (TPSA) is 42.0 Å². The number of amides is 1. The number of nitrogens with zero attached hydrogens (tertiary/aromatic N) is 1. The fourth-order valence-electron chi connectivity index (χ4n) is 1.77. The fourth-order valence-corrected chi connectivity index (χ4v) is 2.14. The zero-order valence-corrected chi connectivity index (χ0v) is 12.2. The van der Waals surface area contributed by atoms with Crippen LogP contribution in [0.15, 0.2) is 47.2 Å². The summed E-state index contributed by atoms with van der Waals surface area (Å²) in [5.41, 5.74) is -0.408. The van der Waals surface area contributed by atoms with E-state index in [-0.39, 0.29) is 12.1 Å². The molecule has 0 aliphatic rings. The molecular weight excluding hydrogens is 349 g/mol. The van der Waals surface area contributed by atoms with Gasteiger partial charge >= 0.3 is 6.18 Å². The van der Waals surface area contributed by atoms with Gasteiger partial charge in [0, 0.05) is 18.3 Å². The van der Waals surface area contributed by atoms with Crippen LogP contribution in [0, 0.1) is 0 Å². The van der Waals surface area contributed by atoms with Gasteiger partial charge in [0.15, 0.2) is 0 Å². The largest absolute Gasteiger partial charge is 0.416 e. The van der Waals surface area contributed by atoms with E-state index in [4.69, 9.17) is 0 Å². The van der Waals surface area contributed by atoms with Crippen LogP contribution < -0.4 is 5.32 Å². The lowest BCUT2D eigenvalue weighted by Crippen LogP contribution is -2.24. The Morgan fingerprint density at radius 3 is 2.62 bits per heavy atom. The van der Waals surface area contributed by atoms with E-state index >= 15 is 0 Å². The molecule has 110 valence electrons. The summed E-state index contributed by atoms with van der Waals surface area (Å²) >= 11 is 3.12. The van der Waals surface area contributed by atoms with Crippen LogP contribution in [0.1, 0.15) is 21.5 Å². The van der Waals surface area contributed by atoms with Gasteiger partial charge in [0.2, 0.25) is 0 Å². The number of nitrogens with one attached hydrogen (secondary N) is 1. The number of pyridine rings is 1. The number of hydrogen-bond acceptors (Lipinski definition) is 2. The molecule has 0 bridgehead atoms. The van der Waals surface area contributed by atoms with Gasteiger partial charge in [0.25, 0.3) is 5.91 Å². The Morgan fingerprint density at radius 2 is 1.95 bits per heavy atom. The van der Waals surface area contributed by atoms with Crippen molar-refractivity contribution in [1.82, 2.24) is 10.3 Å². The van der Waals surface area contributed by atoms with Crippen molar-refractivity contribution in [2.24, 2.45) is 0 Å². The van der Waals surface area contributed by atoms with Gasteiger partial charge in [-0.05, 0) is 39.7 Å².